The standard InChI is InChI=1S/C20H26N2O4/c1-3-8-16(22-26-4-2)19-17(23)11-15(12-18(19)24)20(25)21-13-14-9-6-5-7-10-14/h5-7,9-10,15,22H,3-4,8,11-13H2,1-2H3,(H,21,25). The summed E-state index contributed by atoms with van der Waals surface area (Å²) < 4.78 is 0. The van der Waals surface area contributed by atoms with E-state index in [9.17, 15) is 14.4 Å². The molecule has 0 aromatic heterocycles. The molecule has 0 bridgehead atoms. The monoisotopic (exact) mass is 358 g/mol. The quantitative estimate of drug-likeness (QED) is 0.424. The van der Waals surface area contributed by atoms with E-state index in [-0.39, 0.29) is 35.9 Å². The molecule has 1 fully saturated rings. The van der Waals surface area contributed by atoms with Crippen LogP contribution < -0.4 is 10.8 Å². The topological polar surface area (TPSA) is 84.5 Å². The van der Waals surface area contributed by atoms with E-state index >= 15 is 0 Å². The number of hydrogen-bond acceptors (Lipinski definition) is 5. The van der Waals surface area contributed by atoms with Crippen LogP contribution in [0.3, 0.4) is 0 Å². The van der Waals surface area contributed by atoms with Gasteiger partial charge in [-0.25, -0.2) is 0 Å². The molecule has 140 valence electrons. The third-order valence-electron chi connectivity index (χ3n) is 4.24. The summed E-state index contributed by atoms with van der Waals surface area (Å²) >= 11 is 0. The third-order valence-corrected chi connectivity index (χ3v) is 4.24. The fourth-order valence-electron chi connectivity index (χ4n) is 2.97. The lowest BCUT2D eigenvalue weighted by Crippen LogP contribution is -2.38. The highest BCUT2D eigenvalue weighted by Crippen LogP contribution is 2.26. The summed E-state index contributed by atoms with van der Waals surface area (Å²) in [5, 5.41) is 2.81. The molecular weight excluding hydrogens is 332 g/mol. The number of amides is 1. The summed E-state index contributed by atoms with van der Waals surface area (Å²) in [4.78, 5) is 42.6. The Morgan fingerprint density at radius 3 is 2.35 bits per heavy atom. The molecule has 1 amide bonds. The van der Waals surface area contributed by atoms with Crippen molar-refractivity contribution in [2.45, 2.75) is 46.1 Å². The first-order chi connectivity index (χ1) is 12.6. The average Bonchev–Trinajstić information content (AvgIpc) is 2.64. The van der Waals surface area contributed by atoms with Gasteiger partial charge in [-0.2, -0.15) is 0 Å². The number of rotatable bonds is 8. The summed E-state index contributed by atoms with van der Waals surface area (Å²) in [6.45, 7) is 4.59. The molecule has 0 aliphatic heterocycles. The van der Waals surface area contributed by atoms with Crippen LogP contribution in [-0.2, 0) is 25.8 Å². The number of Topliss-reactive ketones (excluding diaryl/α,β-unsaturated/α-hetero) is 2. The Bertz CT molecular complexity index is 662. The number of nitrogens with one attached hydrogen (secondary N) is 2. The maximum Gasteiger partial charge on any atom is 0.224 e. The molecule has 0 atom stereocenters. The Kier molecular flexibility index (Phi) is 7.53. The lowest BCUT2D eigenvalue weighted by molar-refractivity contribution is -0.134. The average molecular weight is 358 g/mol. The highest BCUT2D eigenvalue weighted by atomic mass is 16.6. The van der Waals surface area contributed by atoms with Gasteiger partial charge >= 0.3 is 0 Å². The Labute approximate surface area is 153 Å². The van der Waals surface area contributed by atoms with Crippen LogP contribution in [0.4, 0.5) is 0 Å². The minimum atomic E-state index is -0.613. The molecule has 1 aliphatic rings. The van der Waals surface area contributed by atoms with Gasteiger partial charge in [-0.3, -0.25) is 24.7 Å². The number of carbonyl (C=O) groups is 3. The highest BCUT2D eigenvalue weighted by molar-refractivity contribution is 6.23. The molecule has 2 N–H and O–H groups in total. The number of ketones is 2. The van der Waals surface area contributed by atoms with Crippen LogP contribution in [0.2, 0.25) is 0 Å². The molecule has 1 aromatic carbocycles. The molecule has 0 unspecified atom stereocenters. The first kappa shape index (κ1) is 19.8. The summed E-state index contributed by atoms with van der Waals surface area (Å²) in [5.41, 5.74) is 4.38. The van der Waals surface area contributed by atoms with Crippen molar-refractivity contribution in [2.75, 3.05) is 6.61 Å². The van der Waals surface area contributed by atoms with Gasteiger partial charge in [0.25, 0.3) is 0 Å². The minimum Gasteiger partial charge on any atom is -0.352 e. The summed E-state index contributed by atoms with van der Waals surface area (Å²) in [5.74, 6) is -1.46. The Morgan fingerprint density at radius 1 is 1.12 bits per heavy atom. The van der Waals surface area contributed by atoms with Crippen LogP contribution in [0, 0.1) is 5.92 Å². The largest absolute Gasteiger partial charge is 0.352 e. The van der Waals surface area contributed by atoms with Crippen LogP contribution in [0.5, 0.6) is 0 Å². The van der Waals surface area contributed by atoms with Gasteiger partial charge in [0.2, 0.25) is 5.91 Å². The fraction of sp³-hybridized carbons (Fsp3) is 0.450. The maximum atomic E-state index is 12.5. The van der Waals surface area contributed by atoms with E-state index in [4.69, 9.17) is 4.84 Å². The van der Waals surface area contributed by atoms with E-state index < -0.39 is 5.92 Å². The number of allylic oxidation sites excluding steroid dienone is 2. The third kappa shape index (κ3) is 5.26. The van der Waals surface area contributed by atoms with Crippen molar-refractivity contribution >= 4 is 17.5 Å². The molecule has 0 saturated heterocycles. The second-order valence-corrected chi connectivity index (χ2v) is 6.29. The summed E-state index contributed by atoms with van der Waals surface area (Å²) in [6.07, 6.45) is 1.42. The van der Waals surface area contributed by atoms with E-state index in [0.717, 1.165) is 12.0 Å². The van der Waals surface area contributed by atoms with Crippen LogP contribution in [0.15, 0.2) is 41.6 Å². The Morgan fingerprint density at radius 2 is 1.77 bits per heavy atom. The molecule has 6 nitrogen and oxygen atoms in total. The van der Waals surface area contributed by atoms with Crippen LogP contribution in [0.25, 0.3) is 0 Å². The van der Waals surface area contributed by atoms with Gasteiger partial charge in [0.15, 0.2) is 11.6 Å². The van der Waals surface area contributed by atoms with Gasteiger partial charge in [0.05, 0.1) is 23.8 Å². The second-order valence-electron chi connectivity index (χ2n) is 6.29. The van der Waals surface area contributed by atoms with Crippen molar-refractivity contribution in [3.63, 3.8) is 0 Å². The highest BCUT2D eigenvalue weighted by Gasteiger charge is 2.36. The van der Waals surface area contributed by atoms with Crippen molar-refractivity contribution in [1.29, 1.82) is 0 Å². The van der Waals surface area contributed by atoms with Gasteiger partial charge in [-0.05, 0) is 18.9 Å². The van der Waals surface area contributed by atoms with Gasteiger partial charge in [0.1, 0.15) is 0 Å². The molecule has 26 heavy (non-hydrogen) atoms. The summed E-state index contributed by atoms with van der Waals surface area (Å²) in [6, 6.07) is 9.52. The fourth-order valence-corrected chi connectivity index (χ4v) is 2.97. The Hall–Kier alpha value is -2.47. The predicted octanol–water partition coefficient (Wildman–Crippen LogP) is 2.45. The van der Waals surface area contributed by atoms with E-state index in [1.165, 1.54) is 0 Å². The smallest absolute Gasteiger partial charge is 0.224 e. The summed E-state index contributed by atoms with van der Waals surface area (Å²) in [7, 11) is 0. The van der Waals surface area contributed by atoms with Gasteiger partial charge in [-0.15, -0.1) is 0 Å². The molecule has 0 radical (unpaired) electrons. The van der Waals surface area contributed by atoms with Crippen LogP contribution >= 0.6 is 0 Å². The molecular formula is C20H26N2O4. The van der Waals surface area contributed by atoms with Crippen molar-refractivity contribution < 1.29 is 19.2 Å². The van der Waals surface area contributed by atoms with Gasteiger partial charge in [0, 0.05) is 19.4 Å². The number of hydroxylamine groups is 1. The lowest BCUT2D eigenvalue weighted by atomic mass is 9.82. The number of carbonyl (C=O) groups excluding carboxylic acids is 3. The molecule has 1 aromatic rings. The van der Waals surface area contributed by atoms with Crippen molar-refractivity contribution in [3.8, 4) is 0 Å². The number of benzene rings is 1. The van der Waals surface area contributed by atoms with E-state index in [1.807, 2.05) is 44.2 Å². The normalized spacial score (nSPS) is 17.2. The van der Waals surface area contributed by atoms with E-state index in [2.05, 4.69) is 10.8 Å². The minimum absolute atomic E-state index is 0.0444. The molecule has 2 rings (SSSR count). The molecule has 1 saturated carbocycles. The molecule has 1 aliphatic carbocycles. The van der Waals surface area contributed by atoms with Gasteiger partial charge < -0.3 is 5.32 Å². The second kappa shape index (κ2) is 9.87. The molecule has 0 heterocycles. The first-order valence-electron chi connectivity index (χ1n) is 9.05. The van der Waals surface area contributed by atoms with Gasteiger partial charge in [-0.1, -0.05) is 43.7 Å². The zero-order chi connectivity index (χ0) is 18.9. The van der Waals surface area contributed by atoms with Crippen molar-refractivity contribution in [3.05, 3.63) is 47.2 Å². The molecule has 0 spiro atoms. The van der Waals surface area contributed by atoms with E-state index in [1.54, 1.807) is 0 Å². The van der Waals surface area contributed by atoms with Crippen molar-refractivity contribution in [2.24, 2.45) is 5.92 Å². The van der Waals surface area contributed by atoms with Crippen LogP contribution in [0.1, 0.15) is 45.1 Å². The SMILES string of the molecule is CCCC(NOCC)=C1C(=O)CC(C(=O)NCc2ccccc2)CC1=O. The maximum absolute atomic E-state index is 12.5. The zero-order valence-electron chi connectivity index (χ0n) is 15.3. The van der Waals surface area contributed by atoms with Crippen molar-refractivity contribution in [1.82, 2.24) is 10.8 Å². The Balaban J connectivity index is 2.03. The van der Waals surface area contributed by atoms with E-state index in [0.29, 0.717) is 25.3 Å². The first-order valence-corrected chi connectivity index (χ1v) is 9.05. The number of hydrogen-bond donors (Lipinski definition) is 2. The zero-order valence-corrected chi connectivity index (χ0v) is 15.3. The lowest BCUT2D eigenvalue weighted by Gasteiger charge is -2.23. The van der Waals surface area contributed by atoms with Crippen LogP contribution in [-0.4, -0.2) is 24.1 Å². The predicted molar refractivity (Wildman–Crippen MR) is 97.7 cm³/mol. The molecule has 6 heteroatoms.